The molecule has 2 rings (SSSR count). The number of carbonyl (C=O) groups is 1. The molecule has 0 N–H and O–H groups in total. The Kier molecular flexibility index (Phi) is 11.1. The molecular formula is C13H20LiNO4S. The first-order valence-electron chi connectivity index (χ1n) is 6.38. The van der Waals surface area contributed by atoms with E-state index in [9.17, 15) is 4.79 Å². The Bertz CT molecular complexity index is 378. The van der Waals surface area contributed by atoms with E-state index in [0.717, 1.165) is 6.42 Å². The van der Waals surface area contributed by atoms with Crippen molar-refractivity contribution in [3.05, 3.63) is 23.0 Å². The number of aromatic nitrogens is 1. The number of nitrogens with zero attached hydrogens (tertiary/aromatic N) is 1. The second kappa shape index (κ2) is 11.3. The summed E-state index contributed by atoms with van der Waals surface area (Å²) >= 11 is 1.24. The van der Waals surface area contributed by atoms with Crippen LogP contribution in [0.4, 0.5) is 0 Å². The van der Waals surface area contributed by atoms with Crippen molar-refractivity contribution in [1.82, 2.24) is 4.98 Å². The zero-order valence-electron chi connectivity index (χ0n) is 12.4. The topological polar surface area (TPSA) is 57.7 Å². The number of unbranched alkanes of at least 4 members (excludes halogenated alkanes) is 1. The van der Waals surface area contributed by atoms with Gasteiger partial charge in [-0.3, -0.25) is 0 Å². The summed E-state index contributed by atoms with van der Waals surface area (Å²) in [6.45, 7) is 8.99. The van der Waals surface area contributed by atoms with Crippen LogP contribution in [0.5, 0.6) is 0 Å². The zero-order chi connectivity index (χ0) is 14.1. The van der Waals surface area contributed by atoms with Crippen molar-refractivity contribution in [2.24, 2.45) is 0 Å². The molecule has 0 spiro atoms. The van der Waals surface area contributed by atoms with Gasteiger partial charge in [0.1, 0.15) is 9.88 Å². The molecular weight excluding hydrogens is 273 g/mol. The molecule has 0 bridgehead atoms. The SMILES string of the molecule is CCOC(=O)c1cnc(C2OCCO2)s1.[CH2-]CCC.[Li+]. The van der Waals surface area contributed by atoms with Gasteiger partial charge in [0.25, 0.3) is 0 Å². The van der Waals surface area contributed by atoms with E-state index in [0.29, 0.717) is 29.7 Å². The number of carbonyl (C=O) groups excluding carboxylic acids is 1. The van der Waals surface area contributed by atoms with Gasteiger partial charge in [-0.1, -0.05) is 13.3 Å². The Hall–Kier alpha value is -0.383. The van der Waals surface area contributed by atoms with Crippen molar-refractivity contribution in [2.45, 2.75) is 33.0 Å². The Labute approximate surface area is 136 Å². The number of esters is 1. The number of hydrogen-bond donors (Lipinski definition) is 0. The van der Waals surface area contributed by atoms with Gasteiger partial charge in [0.2, 0.25) is 6.29 Å². The van der Waals surface area contributed by atoms with Gasteiger partial charge in [0, 0.05) is 0 Å². The van der Waals surface area contributed by atoms with Gasteiger partial charge >= 0.3 is 24.8 Å². The average Bonchev–Trinajstić information content (AvgIpc) is 3.09. The molecule has 1 aromatic heterocycles. The molecule has 1 fully saturated rings. The normalized spacial score (nSPS) is 14.2. The van der Waals surface area contributed by atoms with Gasteiger partial charge in [-0.05, 0) is 6.92 Å². The maximum atomic E-state index is 11.3. The van der Waals surface area contributed by atoms with E-state index in [1.54, 1.807) is 6.92 Å². The van der Waals surface area contributed by atoms with Gasteiger partial charge in [-0.25, -0.2) is 9.78 Å². The fourth-order valence-corrected chi connectivity index (χ4v) is 2.00. The smallest absolute Gasteiger partial charge is 0.462 e. The third kappa shape index (κ3) is 6.38. The third-order valence-electron chi connectivity index (χ3n) is 2.18. The van der Waals surface area contributed by atoms with Crippen LogP contribution in [0.1, 0.15) is 47.7 Å². The van der Waals surface area contributed by atoms with Crippen molar-refractivity contribution in [3.63, 3.8) is 0 Å². The van der Waals surface area contributed by atoms with E-state index < -0.39 is 6.29 Å². The maximum Gasteiger partial charge on any atom is 1.00 e. The Morgan fingerprint density at radius 2 is 2.10 bits per heavy atom. The molecule has 20 heavy (non-hydrogen) atoms. The van der Waals surface area contributed by atoms with Crippen LogP contribution in [-0.4, -0.2) is 30.8 Å². The fraction of sp³-hybridized carbons (Fsp3) is 0.615. The zero-order valence-corrected chi connectivity index (χ0v) is 13.2. The van der Waals surface area contributed by atoms with E-state index in [2.05, 4.69) is 18.8 Å². The second-order valence-corrected chi connectivity index (χ2v) is 4.77. The van der Waals surface area contributed by atoms with Crippen LogP contribution in [0, 0.1) is 6.92 Å². The minimum atomic E-state index is -0.418. The van der Waals surface area contributed by atoms with Crippen LogP contribution in [0.2, 0.25) is 0 Å². The van der Waals surface area contributed by atoms with Crippen molar-refractivity contribution in [2.75, 3.05) is 19.8 Å². The van der Waals surface area contributed by atoms with Crippen molar-refractivity contribution in [3.8, 4) is 0 Å². The van der Waals surface area contributed by atoms with Gasteiger partial charge < -0.3 is 21.1 Å². The molecule has 2 heterocycles. The Morgan fingerprint density at radius 3 is 2.60 bits per heavy atom. The summed E-state index contributed by atoms with van der Waals surface area (Å²) in [6.07, 6.45) is 3.35. The van der Waals surface area contributed by atoms with Crippen LogP contribution in [0.15, 0.2) is 6.20 Å². The second-order valence-electron chi connectivity index (χ2n) is 3.71. The van der Waals surface area contributed by atoms with E-state index in [1.165, 1.54) is 24.0 Å². The quantitative estimate of drug-likeness (QED) is 0.444. The summed E-state index contributed by atoms with van der Waals surface area (Å²) in [6, 6.07) is 0. The standard InChI is InChI=1S/C9H11NO4S.C4H9.Li/c1-2-12-8(11)6-5-10-7(15-6)9-13-3-4-14-9;1-3-4-2;/h5,9H,2-4H2,1H3;1,3-4H2,2H3;/q;-1;+1. The van der Waals surface area contributed by atoms with E-state index in [-0.39, 0.29) is 24.8 Å². The predicted molar refractivity (Wildman–Crippen MR) is 73.0 cm³/mol. The third-order valence-corrected chi connectivity index (χ3v) is 3.18. The molecule has 0 saturated carbocycles. The Balaban J connectivity index is 0.000000644. The van der Waals surface area contributed by atoms with Gasteiger partial charge in [-0.2, -0.15) is 6.42 Å². The summed E-state index contributed by atoms with van der Waals surface area (Å²) in [5, 5.41) is 0.663. The fourth-order valence-electron chi connectivity index (χ4n) is 1.19. The van der Waals surface area contributed by atoms with Crippen LogP contribution in [0.3, 0.4) is 0 Å². The molecule has 1 aliphatic heterocycles. The molecule has 0 aromatic carbocycles. The number of hydrogen-bond acceptors (Lipinski definition) is 6. The molecule has 0 atom stereocenters. The van der Waals surface area contributed by atoms with Crippen molar-refractivity contribution < 1.29 is 37.9 Å². The summed E-state index contributed by atoms with van der Waals surface area (Å²) in [5.41, 5.74) is 0. The van der Waals surface area contributed by atoms with Crippen LogP contribution in [0.25, 0.3) is 0 Å². The average molecular weight is 293 g/mol. The van der Waals surface area contributed by atoms with Crippen LogP contribution >= 0.6 is 11.3 Å². The van der Waals surface area contributed by atoms with Gasteiger partial charge in [0.15, 0.2) is 0 Å². The van der Waals surface area contributed by atoms with Crippen LogP contribution < -0.4 is 18.9 Å². The molecule has 1 aliphatic rings. The van der Waals surface area contributed by atoms with E-state index >= 15 is 0 Å². The minimum absolute atomic E-state index is 0. The van der Waals surface area contributed by atoms with E-state index in [1.807, 2.05) is 0 Å². The molecule has 0 amide bonds. The largest absolute Gasteiger partial charge is 1.00 e. The predicted octanol–water partition coefficient (Wildman–Crippen LogP) is -0.0102. The van der Waals surface area contributed by atoms with Crippen molar-refractivity contribution in [1.29, 1.82) is 0 Å². The molecule has 0 aliphatic carbocycles. The first kappa shape index (κ1) is 19.6. The first-order valence-corrected chi connectivity index (χ1v) is 7.19. The number of ether oxygens (including phenoxy) is 3. The summed E-state index contributed by atoms with van der Waals surface area (Å²) in [4.78, 5) is 15.9. The molecule has 0 unspecified atom stereocenters. The Morgan fingerprint density at radius 1 is 1.50 bits per heavy atom. The molecule has 108 valence electrons. The van der Waals surface area contributed by atoms with Gasteiger partial charge in [0.05, 0.1) is 26.0 Å². The molecule has 1 aromatic rings. The van der Waals surface area contributed by atoms with E-state index in [4.69, 9.17) is 14.2 Å². The number of thiazole rings is 1. The molecule has 7 heteroatoms. The summed E-state index contributed by atoms with van der Waals surface area (Å²) in [7, 11) is 0. The van der Waals surface area contributed by atoms with Crippen molar-refractivity contribution >= 4 is 17.3 Å². The summed E-state index contributed by atoms with van der Waals surface area (Å²) < 4.78 is 15.4. The molecule has 1 saturated heterocycles. The maximum absolute atomic E-state index is 11.3. The van der Waals surface area contributed by atoms with Crippen LogP contribution in [-0.2, 0) is 14.2 Å². The first-order chi connectivity index (χ1) is 9.22. The minimum Gasteiger partial charge on any atom is -0.462 e. The molecule has 5 nitrogen and oxygen atoms in total. The van der Waals surface area contributed by atoms with Gasteiger partial charge in [-0.15, -0.1) is 11.3 Å². The monoisotopic (exact) mass is 293 g/mol. The number of rotatable bonds is 4. The summed E-state index contributed by atoms with van der Waals surface area (Å²) in [5.74, 6) is -0.348. The molecule has 0 radical (unpaired) electrons.